The van der Waals surface area contributed by atoms with Gasteiger partial charge in [0, 0.05) is 50.7 Å². The number of amides is 2. The summed E-state index contributed by atoms with van der Waals surface area (Å²) < 4.78 is 2.75. The molecule has 5 rings (SSSR count). The van der Waals surface area contributed by atoms with Crippen LogP contribution in [0.3, 0.4) is 0 Å². The number of nitrogens with zero attached hydrogens (tertiary/aromatic N) is 4. The number of aryl methyl sites for hydroxylation is 1. The summed E-state index contributed by atoms with van der Waals surface area (Å²) in [6, 6.07) is 6.85. The van der Waals surface area contributed by atoms with E-state index in [1.807, 2.05) is 18.2 Å². The van der Waals surface area contributed by atoms with Gasteiger partial charge in [0.2, 0.25) is 11.8 Å². The van der Waals surface area contributed by atoms with Crippen LogP contribution in [-0.4, -0.2) is 46.2 Å². The summed E-state index contributed by atoms with van der Waals surface area (Å²) in [5.41, 5.74) is 2.03. The van der Waals surface area contributed by atoms with Gasteiger partial charge in [0.1, 0.15) is 0 Å². The highest BCUT2D eigenvalue weighted by Crippen LogP contribution is 2.31. The lowest BCUT2D eigenvalue weighted by Gasteiger charge is -2.29. The van der Waals surface area contributed by atoms with Crippen molar-refractivity contribution >= 4 is 28.5 Å². The zero-order valence-corrected chi connectivity index (χ0v) is 14.6. The standard InChI is InChI=1S/C18H21N5O3/c1-20-15-8-12(21-10-11-7-13(21)9-19-11)5-6-14(15)22(18(20)26)23-16(24)3-2-4-17(23)25/h5-6,8,11,13,19H,2-4,7,9-10H2,1H3. The Labute approximate surface area is 149 Å². The van der Waals surface area contributed by atoms with E-state index in [-0.39, 0.29) is 30.3 Å². The molecule has 2 atom stereocenters. The van der Waals surface area contributed by atoms with Crippen LogP contribution in [0.1, 0.15) is 25.7 Å². The molecular formula is C18H21N5O3. The fourth-order valence-corrected chi connectivity index (χ4v) is 4.52. The number of carbonyl (C=O) groups is 2. The van der Waals surface area contributed by atoms with Gasteiger partial charge in [-0.15, -0.1) is 0 Å². The number of fused-ring (bicyclic) bond motifs is 3. The molecular weight excluding hydrogens is 334 g/mol. The highest BCUT2D eigenvalue weighted by molar-refractivity contribution is 6.11. The van der Waals surface area contributed by atoms with E-state index in [4.69, 9.17) is 0 Å². The van der Waals surface area contributed by atoms with Crippen LogP contribution >= 0.6 is 0 Å². The summed E-state index contributed by atoms with van der Waals surface area (Å²) in [6.45, 7) is 1.95. The maximum absolute atomic E-state index is 12.8. The number of piperidine rings is 1. The molecule has 1 aromatic carbocycles. The van der Waals surface area contributed by atoms with Gasteiger partial charge in [0.05, 0.1) is 11.0 Å². The Balaban J connectivity index is 1.63. The van der Waals surface area contributed by atoms with Crippen LogP contribution < -0.4 is 20.9 Å². The molecule has 8 nitrogen and oxygen atoms in total. The minimum absolute atomic E-state index is 0.288. The first kappa shape index (κ1) is 15.6. The second kappa shape index (κ2) is 5.44. The SMILES string of the molecule is Cn1c(=O)n(N2C(=O)CCCC2=O)c2ccc(N3CC4CC3CN4)cc21. The normalized spacial score (nSPS) is 25.7. The van der Waals surface area contributed by atoms with Crippen molar-refractivity contribution in [2.24, 2.45) is 7.05 Å². The van der Waals surface area contributed by atoms with E-state index in [0.29, 0.717) is 24.0 Å². The fourth-order valence-electron chi connectivity index (χ4n) is 4.52. The van der Waals surface area contributed by atoms with E-state index in [1.165, 1.54) is 9.24 Å². The lowest BCUT2D eigenvalue weighted by molar-refractivity contribution is -0.131. The Morgan fingerprint density at radius 1 is 1.08 bits per heavy atom. The van der Waals surface area contributed by atoms with E-state index in [0.717, 1.165) is 35.7 Å². The molecule has 26 heavy (non-hydrogen) atoms. The van der Waals surface area contributed by atoms with Crippen molar-refractivity contribution < 1.29 is 9.59 Å². The predicted molar refractivity (Wildman–Crippen MR) is 96.8 cm³/mol. The first-order chi connectivity index (χ1) is 12.5. The molecule has 8 heteroatoms. The smallest absolute Gasteiger partial charge is 0.348 e. The van der Waals surface area contributed by atoms with Crippen LogP contribution in [0.4, 0.5) is 5.69 Å². The first-order valence-corrected chi connectivity index (χ1v) is 9.12. The quantitative estimate of drug-likeness (QED) is 0.771. The lowest BCUT2D eigenvalue weighted by atomic mass is 10.1. The van der Waals surface area contributed by atoms with Gasteiger partial charge in [-0.1, -0.05) is 0 Å². The average Bonchev–Trinajstić information content (AvgIpc) is 3.32. The second-order valence-corrected chi connectivity index (χ2v) is 7.43. The molecule has 2 bridgehead atoms. The highest BCUT2D eigenvalue weighted by atomic mass is 16.2. The number of hydrogen-bond donors (Lipinski definition) is 1. The largest absolute Gasteiger partial charge is 0.366 e. The summed E-state index contributed by atoms with van der Waals surface area (Å²) in [5.74, 6) is -0.634. The molecule has 0 aliphatic carbocycles. The van der Waals surface area contributed by atoms with Gasteiger partial charge in [-0.2, -0.15) is 9.69 Å². The van der Waals surface area contributed by atoms with Crippen LogP contribution in [0, 0.1) is 0 Å². The number of piperazine rings is 1. The van der Waals surface area contributed by atoms with Crippen molar-refractivity contribution in [3.63, 3.8) is 0 Å². The average molecular weight is 355 g/mol. The zero-order valence-electron chi connectivity index (χ0n) is 14.6. The maximum atomic E-state index is 12.8. The Morgan fingerprint density at radius 2 is 1.85 bits per heavy atom. The van der Waals surface area contributed by atoms with E-state index < -0.39 is 0 Å². The summed E-state index contributed by atoms with van der Waals surface area (Å²) in [6.07, 6.45) is 2.27. The molecule has 3 saturated heterocycles. The minimum Gasteiger partial charge on any atom is -0.366 e. The Hall–Kier alpha value is -2.61. The minimum atomic E-state index is -0.370. The molecule has 1 N–H and O–H groups in total. The molecule has 136 valence electrons. The van der Waals surface area contributed by atoms with Gasteiger partial charge in [-0.25, -0.2) is 4.79 Å². The Bertz CT molecular complexity index is 975. The number of hydrogen-bond acceptors (Lipinski definition) is 5. The number of benzene rings is 1. The van der Waals surface area contributed by atoms with E-state index in [2.05, 4.69) is 10.2 Å². The molecule has 3 aliphatic rings. The molecule has 3 aliphatic heterocycles. The van der Waals surface area contributed by atoms with Crippen LogP contribution in [0.5, 0.6) is 0 Å². The van der Waals surface area contributed by atoms with Crippen molar-refractivity contribution in [3.05, 3.63) is 28.7 Å². The van der Waals surface area contributed by atoms with Crippen molar-refractivity contribution in [3.8, 4) is 0 Å². The molecule has 2 aromatic rings. The summed E-state index contributed by atoms with van der Waals surface area (Å²) in [4.78, 5) is 39.8. The third-order valence-corrected chi connectivity index (χ3v) is 5.86. The number of imide groups is 1. The van der Waals surface area contributed by atoms with Crippen LogP contribution in [0.2, 0.25) is 0 Å². The molecule has 4 heterocycles. The molecule has 1 aromatic heterocycles. The lowest BCUT2D eigenvalue weighted by Crippen LogP contribution is -2.52. The Morgan fingerprint density at radius 3 is 2.50 bits per heavy atom. The Kier molecular flexibility index (Phi) is 3.27. The van der Waals surface area contributed by atoms with Gasteiger partial charge in [-0.05, 0) is 31.0 Å². The van der Waals surface area contributed by atoms with Gasteiger partial charge in [-0.3, -0.25) is 14.2 Å². The van der Waals surface area contributed by atoms with Crippen molar-refractivity contribution in [1.82, 2.24) is 14.6 Å². The van der Waals surface area contributed by atoms with E-state index >= 15 is 0 Å². The molecule has 0 radical (unpaired) electrons. The van der Waals surface area contributed by atoms with Crippen molar-refractivity contribution in [1.29, 1.82) is 0 Å². The summed E-state index contributed by atoms with van der Waals surface area (Å²) >= 11 is 0. The monoisotopic (exact) mass is 355 g/mol. The summed E-state index contributed by atoms with van der Waals surface area (Å²) in [7, 11) is 1.68. The molecule has 2 unspecified atom stereocenters. The van der Waals surface area contributed by atoms with Crippen LogP contribution in [0.25, 0.3) is 11.0 Å². The molecule has 0 saturated carbocycles. The first-order valence-electron chi connectivity index (χ1n) is 9.12. The van der Waals surface area contributed by atoms with Gasteiger partial charge in [0.15, 0.2) is 0 Å². The number of anilines is 1. The van der Waals surface area contributed by atoms with Crippen LogP contribution in [-0.2, 0) is 16.6 Å². The third kappa shape index (κ3) is 2.08. The molecule has 3 fully saturated rings. The van der Waals surface area contributed by atoms with Gasteiger partial charge < -0.3 is 10.2 Å². The third-order valence-electron chi connectivity index (χ3n) is 5.86. The van der Waals surface area contributed by atoms with Gasteiger partial charge >= 0.3 is 5.69 Å². The van der Waals surface area contributed by atoms with Crippen molar-refractivity contribution in [2.45, 2.75) is 37.8 Å². The molecule has 2 amide bonds. The van der Waals surface area contributed by atoms with E-state index in [9.17, 15) is 14.4 Å². The number of imidazole rings is 1. The maximum Gasteiger partial charge on any atom is 0.348 e. The van der Waals surface area contributed by atoms with Gasteiger partial charge in [0.25, 0.3) is 0 Å². The zero-order chi connectivity index (χ0) is 18.0. The summed E-state index contributed by atoms with van der Waals surface area (Å²) in [5, 5.41) is 4.51. The number of rotatable bonds is 2. The highest BCUT2D eigenvalue weighted by Gasteiger charge is 2.38. The predicted octanol–water partition coefficient (Wildman–Crippen LogP) is 0.0656. The van der Waals surface area contributed by atoms with E-state index in [1.54, 1.807) is 7.05 Å². The molecule has 0 spiro atoms. The number of aromatic nitrogens is 2. The van der Waals surface area contributed by atoms with Crippen LogP contribution in [0.15, 0.2) is 23.0 Å². The number of carbonyl (C=O) groups excluding carboxylic acids is 2. The fraction of sp³-hybridized carbons (Fsp3) is 0.500. The number of nitrogens with one attached hydrogen (secondary N) is 1. The second-order valence-electron chi connectivity index (χ2n) is 7.43. The van der Waals surface area contributed by atoms with Crippen molar-refractivity contribution in [2.75, 3.05) is 23.0 Å². The topological polar surface area (TPSA) is 79.6 Å².